The summed E-state index contributed by atoms with van der Waals surface area (Å²) in [5, 5.41) is 24.1. The first-order valence-corrected chi connectivity index (χ1v) is 8.36. The third kappa shape index (κ3) is 4.75. The van der Waals surface area contributed by atoms with E-state index in [1.165, 1.54) is 42.5 Å². The number of ether oxygens (including phenoxy) is 1. The standard InChI is InChI=1S/C19H15N3O7/c1-12-10-15(6-8-17(12)22(26)27)28-11-16-7-9-18(29-16)19(23)20-13-2-4-14(5-3-13)21(24)25/h2-10H,11H2,1H3,(H,20,23). The SMILES string of the molecule is Cc1cc(OCc2ccc(C(=O)Nc3ccc([N+](=O)[O-])cc3)o2)ccc1[N+](=O)[O-]. The van der Waals surface area contributed by atoms with Crippen LogP contribution in [-0.2, 0) is 6.61 Å². The van der Waals surface area contributed by atoms with Gasteiger partial charge in [0.15, 0.2) is 5.76 Å². The van der Waals surface area contributed by atoms with Crippen LogP contribution in [0.2, 0.25) is 0 Å². The Hall–Kier alpha value is -4.21. The first kappa shape index (κ1) is 19.5. The molecule has 0 aliphatic carbocycles. The molecule has 0 spiro atoms. The third-order valence-electron chi connectivity index (χ3n) is 3.97. The molecule has 3 aromatic rings. The summed E-state index contributed by atoms with van der Waals surface area (Å²) in [6.07, 6.45) is 0. The molecule has 2 aromatic carbocycles. The second-order valence-electron chi connectivity index (χ2n) is 6.02. The van der Waals surface area contributed by atoms with Gasteiger partial charge in [-0.25, -0.2) is 0 Å². The molecule has 0 saturated heterocycles. The Morgan fingerprint density at radius 3 is 2.38 bits per heavy atom. The van der Waals surface area contributed by atoms with Gasteiger partial charge in [0.25, 0.3) is 17.3 Å². The van der Waals surface area contributed by atoms with Crippen LogP contribution in [-0.4, -0.2) is 15.8 Å². The predicted molar refractivity (Wildman–Crippen MR) is 102 cm³/mol. The molecule has 0 aliphatic heterocycles. The highest BCUT2D eigenvalue weighted by atomic mass is 16.6. The molecule has 0 fully saturated rings. The Balaban J connectivity index is 1.60. The van der Waals surface area contributed by atoms with E-state index in [0.717, 1.165) is 0 Å². The molecule has 0 aliphatic rings. The molecule has 0 saturated carbocycles. The zero-order chi connectivity index (χ0) is 21.0. The number of anilines is 1. The summed E-state index contributed by atoms with van der Waals surface area (Å²) in [4.78, 5) is 32.7. The van der Waals surface area contributed by atoms with Crippen molar-refractivity contribution in [2.45, 2.75) is 13.5 Å². The predicted octanol–water partition coefficient (Wildman–Crippen LogP) is 4.24. The molecule has 0 atom stereocenters. The van der Waals surface area contributed by atoms with Crippen LogP contribution >= 0.6 is 0 Å². The average molecular weight is 397 g/mol. The third-order valence-corrected chi connectivity index (χ3v) is 3.97. The number of furan rings is 1. The van der Waals surface area contributed by atoms with Crippen molar-refractivity contribution in [1.82, 2.24) is 0 Å². The van der Waals surface area contributed by atoms with Gasteiger partial charge in [0.2, 0.25) is 0 Å². The van der Waals surface area contributed by atoms with E-state index in [2.05, 4.69) is 5.32 Å². The van der Waals surface area contributed by atoms with Crippen molar-refractivity contribution in [2.75, 3.05) is 5.32 Å². The quantitative estimate of drug-likeness (QED) is 0.465. The Bertz CT molecular complexity index is 1070. The van der Waals surface area contributed by atoms with Gasteiger partial charge in [-0.05, 0) is 43.3 Å². The van der Waals surface area contributed by atoms with Gasteiger partial charge in [-0.1, -0.05) is 0 Å². The van der Waals surface area contributed by atoms with Crippen molar-refractivity contribution in [1.29, 1.82) is 0 Å². The molecule has 0 unspecified atom stereocenters. The highest BCUT2D eigenvalue weighted by Gasteiger charge is 2.14. The zero-order valence-corrected chi connectivity index (χ0v) is 15.2. The summed E-state index contributed by atoms with van der Waals surface area (Å²) in [6, 6.07) is 12.8. The molecule has 1 heterocycles. The van der Waals surface area contributed by atoms with E-state index in [1.807, 2.05) is 0 Å². The normalized spacial score (nSPS) is 10.4. The minimum Gasteiger partial charge on any atom is -0.486 e. The summed E-state index contributed by atoms with van der Waals surface area (Å²) in [6.45, 7) is 1.64. The van der Waals surface area contributed by atoms with E-state index in [9.17, 15) is 25.0 Å². The summed E-state index contributed by atoms with van der Waals surface area (Å²) in [5.41, 5.74) is 0.772. The van der Waals surface area contributed by atoms with Crippen LogP contribution in [0.3, 0.4) is 0 Å². The fourth-order valence-corrected chi connectivity index (χ4v) is 2.51. The Labute approximate surface area is 164 Å². The molecule has 1 aromatic heterocycles. The van der Waals surface area contributed by atoms with Gasteiger partial charge in [-0.3, -0.25) is 25.0 Å². The number of rotatable bonds is 7. The highest BCUT2D eigenvalue weighted by Crippen LogP contribution is 2.24. The number of nitro benzene ring substituents is 2. The molecule has 10 heteroatoms. The lowest BCUT2D eigenvalue weighted by Crippen LogP contribution is -2.10. The first-order valence-electron chi connectivity index (χ1n) is 8.36. The number of carbonyl (C=O) groups is 1. The maximum Gasteiger partial charge on any atom is 0.291 e. The van der Waals surface area contributed by atoms with Gasteiger partial charge in [0.05, 0.1) is 9.85 Å². The number of non-ortho nitro benzene ring substituents is 1. The van der Waals surface area contributed by atoms with E-state index in [-0.39, 0.29) is 23.7 Å². The Morgan fingerprint density at radius 2 is 1.76 bits per heavy atom. The lowest BCUT2D eigenvalue weighted by molar-refractivity contribution is -0.385. The molecule has 3 rings (SSSR count). The lowest BCUT2D eigenvalue weighted by Gasteiger charge is -2.06. The van der Waals surface area contributed by atoms with E-state index in [4.69, 9.17) is 9.15 Å². The van der Waals surface area contributed by atoms with Crippen LogP contribution in [0.25, 0.3) is 0 Å². The summed E-state index contributed by atoms with van der Waals surface area (Å²) in [5.74, 6) is 0.342. The molecule has 148 valence electrons. The maximum absolute atomic E-state index is 12.2. The number of nitro groups is 2. The fourth-order valence-electron chi connectivity index (χ4n) is 2.51. The molecule has 0 bridgehead atoms. The molecule has 0 radical (unpaired) electrons. The van der Waals surface area contributed by atoms with Crippen LogP contribution in [0, 0.1) is 27.2 Å². The van der Waals surface area contributed by atoms with Crippen molar-refractivity contribution < 1.29 is 23.8 Å². The average Bonchev–Trinajstić information content (AvgIpc) is 3.16. The number of nitrogens with one attached hydrogen (secondary N) is 1. The number of aryl methyl sites for hydroxylation is 1. The number of hydrogen-bond donors (Lipinski definition) is 1. The summed E-state index contributed by atoms with van der Waals surface area (Å²) in [7, 11) is 0. The van der Waals surface area contributed by atoms with Crippen molar-refractivity contribution in [3.8, 4) is 5.75 Å². The maximum atomic E-state index is 12.2. The van der Waals surface area contributed by atoms with Crippen LogP contribution in [0.15, 0.2) is 59.0 Å². The number of nitrogens with zero attached hydrogens (tertiary/aromatic N) is 2. The molecule has 1 N–H and O–H groups in total. The van der Waals surface area contributed by atoms with Crippen molar-refractivity contribution in [3.63, 3.8) is 0 Å². The second-order valence-corrected chi connectivity index (χ2v) is 6.02. The number of amides is 1. The van der Waals surface area contributed by atoms with Crippen molar-refractivity contribution >= 4 is 23.0 Å². The first-order chi connectivity index (χ1) is 13.8. The van der Waals surface area contributed by atoms with Crippen molar-refractivity contribution in [3.05, 3.63) is 91.9 Å². The molecular formula is C19H15N3O7. The van der Waals surface area contributed by atoms with E-state index in [0.29, 0.717) is 22.8 Å². The van der Waals surface area contributed by atoms with Gasteiger partial charge in [0, 0.05) is 29.4 Å². The van der Waals surface area contributed by atoms with Gasteiger partial charge >= 0.3 is 0 Å². The van der Waals surface area contributed by atoms with Crippen LogP contribution in [0.1, 0.15) is 21.9 Å². The van der Waals surface area contributed by atoms with E-state index >= 15 is 0 Å². The van der Waals surface area contributed by atoms with Gasteiger partial charge in [0.1, 0.15) is 18.1 Å². The van der Waals surface area contributed by atoms with Crippen LogP contribution in [0.5, 0.6) is 5.75 Å². The minimum atomic E-state index is -0.531. The zero-order valence-electron chi connectivity index (χ0n) is 15.2. The van der Waals surface area contributed by atoms with Crippen LogP contribution < -0.4 is 10.1 Å². The van der Waals surface area contributed by atoms with Gasteiger partial charge < -0.3 is 14.5 Å². The van der Waals surface area contributed by atoms with Gasteiger partial charge in [-0.2, -0.15) is 0 Å². The second kappa shape index (κ2) is 8.21. The monoisotopic (exact) mass is 397 g/mol. The molecular weight excluding hydrogens is 382 g/mol. The largest absolute Gasteiger partial charge is 0.486 e. The molecule has 1 amide bonds. The van der Waals surface area contributed by atoms with Gasteiger partial charge in [-0.15, -0.1) is 0 Å². The van der Waals surface area contributed by atoms with E-state index in [1.54, 1.807) is 19.1 Å². The number of carbonyl (C=O) groups excluding carboxylic acids is 1. The molecule has 10 nitrogen and oxygen atoms in total. The summed E-state index contributed by atoms with van der Waals surface area (Å²) >= 11 is 0. The highest BCUT2D eigenvalue weighted by molar-refractivity contribution is 6.02. The number of benzene rings is 2. The smallest absolute Gasteiger partial charge is 0.291 e. The van der Waals surface area contributed by atoms with Crippen LogP contribution in [0.4, 0.5) is 17.1 Å². The van der Waals surface area contributed by atoms with E-state index < -0.39 is 15.8 Å². The number of hydrogen-bond acceptors (Lipinski definition) is 7. The topological polar surface area (TPSA) is 138 Å². The van der Waals surface area contributed by atoms with Crippen molar-refractivity contribution in [2.24, 2.45) is 0 Å². The lowest BCUT2D eigenvalue weighted by atomic mass is 10.2. The molecule has 29 heavy (non-hydrogen) atoms. The fraction of sp³-hybridized carbons (Fsp3) is 0.105. The Morgan fingerprint density at radius 1 is 1.03 bits per heavy atom. The Kier molecular flexibility index (Phi) is 5.54. The summed E-state index contributed by atoms with van der Waals surface area (Å²) < 4.78 is 11.0. The minimum absolute atomic E-state index is 0.000509.